The zero-order chi connectivity index (χ0) is 11.7. The summed E-state index contributed by atoms with van der Waals surface area (Å²) < 4.78 is 0. The van der Waals surface area contributed by atoms with Crippen molar-refractivity contribution in [1.82, 2.24) is 0 Å². The van der Waals surface area contributed by atoms with Crippen LogP contribution in [0.2, 0.25) is 0 Å². The molecule has 84 valence electrons. The number of allylic oxidation sites excluding steroid dienone is 7. The molecule has 15 heavy (non-hydrogen) atoms. The maximum absolute atomic E-state index is 3.83. The van der Waals surface area contributed by atoms with Crippen LogP contribution in [0.15, 0.2) is 47.6 Å². The summed E-state index contributed by atoms with van der Waals surface area (Å²) in [6, 6.07) is 0. The van der Waals surface area contributed by atoms with Crippen molar-refractivity contribution in [1.29, 1.82) is 0 Å². The zero-order valence-electron chi connectivity index (χ0n) is 10.6. The van der Waals surface area contributed by atoms with Crippen LogP contribution in [0.3, 0.4) is 0 Å². The average molecular weight is 204 g/mol. The van der Waals surface area contributed by atoms with Gasteiger partial charge >= 0.3 is 0 Å². The Labute approximate surface area is 95.1 Å². The number of rotatable bonds is 6. The van der Waals surface area contributed by atoms with Crippen molar-refractivity contribution >= 4 is 0 Å². The van der Waals surface area contributed by atoms with Gasteiger partial charge in [0.1, 0.15) is 0 Å². The first-order valence-electron chi connectivity index (χ1n) is 5.65. The van der Waals surface area contributed by atoms with Gasteiger partial charge in [0.05, 0.1) is 0 Å². The Kier molecular flexibility index (Phi) is 7.71. The minimum Gasteiger partial charge on any atom is -0.0961 e. The topological polar surface area (TPSA) is 0 Å². The molecule has 0 bridgehead atoms. The molecule has 0 aliphatic carbocycles. The number of hydrogen-bond acceptors (Lipinski definition) is 0. The molecule has 0 unspecified atom stereocenters. The van der Waals surface area contributed by atoms with Gasteiger partial charge in [-0.2, -0.15) is 0 Å². The van der Waals surface area contributed by atoms with Crippen molar-refractivity contribution in [2.24, 2.45) is 0 Å². The molecule has 0 atom stereocenters. The van der Waals surface area contributed by atoms with Crippen LogP contribution in [0.5, 0.6) is 0 Å². The highest BCUT2D eigenvalue weighted by Crippen LogP contribution is 2.09. The molecule has 0 saturated carbocycles. The van der Waals surface area contributed by atoms with Crippen molar-refractivity contribution in [3.63, 3.8) is 0 Å². The van der Waals surface area contributed by atoms with Gasteiger partial charge in [-0.25, -0.2) is 0 Å². The summed E-state index contributed by atoms with van der Waals surface area (Å²) >= 11 is 0. The molecular weight excluding hydrogens is 180 g/mol. The maximum atomic E-state index is 3.83. The van der Waals surface area contributed by atoms with E-state index >= 15 is 0 Å². The lowest BCUT2D eigenvalue weighted by Gasteiger charge is -1.99. The van der Waals surface area contributed by atoms with Gasteiger partial charge in [-0.05, 0) is 47.0 Å². The smallest absolute Gasteiger partial charge is 0.0139 e. The van der Waals surface area contributed by atoms with E-state index in [-0.39, 0.29) is 0 Å². The standard InChI is InChI=1S/C15H24/c1-6-14(4)11-12-15(5)10-8-7-9-13(2)3/h6-7,9,12H,2,8,10-11H2,1,3-5H3. The second-order valence-electron chi connectivity index (χ2n) is 4.18. The van der Waals surface area contributed by atoms with Crippen LogP contribution in [0.25, 0.3) is 0 Å². The van der Waals surface area contributed by atoms with Crippen molar-refractivity contribution in [2.45, 2.75) is 47.0 Å². The Morgan fingerprint density at radius 2 is 1.80 bits per heavy atom. The second-order valence-corrected chi connectivity index (χ2v) is 4.18. The Bertz CT molecular complexity index is 274. The first kappa shape index (κ1) is 14.0. The van der Waals surface area contributed by atoms with E-state index in [0.717, 1.165) is 24.8 Å². The maximum Gasteiger partial charge on any atom is -0.0139 e. The van der Waals surface area contributed by atoms with E-state index in [1.807, 2.05) is 6.92 Å². The minimum atomic E-state index is 1.09. The third-order valence-electron chi connectivity index (χ3n) is 2.37. The van der Waals surface area contributed by atoms with Crippen LogP contribution in [0.4, 0.5) is 0 Å². The van der Waals surface area contributed by atoms with E-state index in [9.17, 15) is 0 Å². The molecule has 0 saturated heterocycles. The molecule has 0 spiro atoms. The average Bonchev–Trinajstić information content (AvgIpc) is 2.20. The summed E-state index contributed by atoms with van der Waals surface area (Å²) in [4.78, 5) is 0. The highest BCUT2D eigenvalue weighted by molar-refractivity contribution is 5.12. The van der Waals surface area contributed by atoms with Crippen LogP contribution in [0.1, 0.15) is 47.0 Å². The molecule has 0 aliphatic rings. The highest BCUT2D eigenvalue weighted by Gasteiger charge is 1.89. The van der Waals surface area contributed by atoms with Gasteiger partial charge < -0.3 is 0 Å². The Morgan fingerprint density at radius 3 is 2.33 bits per heavy atom. The summed E-state index contributed by atoms with van der Waals surface area (Å²) in [6.45, 7) is 12.3. The van der Waals surface area contributed by atoms with Crippen LogP contribution in [0, 0.1) is 0 Å². The van der Waals surface area contributed by atoms with E-state index in [2.05, 4.69) is 51.7 Å². The molecular formula is C15H24. The van der Waals surface area contributed by atoms with Crippen molar-refractivity contribution < 1.29 is 0 Å². The molecule has 0 amide bonds. The van der Waals surface area contributed by atoms with Crippen LogP contribution < -0.4 is 0 Å². The SMILES string of the molecule is C=C(C)C=CCCC(C)=CCC(C)=CC. The van der Waals surface area contributed by atoms with Gasteiger partial charge in [0.15, 0.2) is 0 Å². The minimum absolute atomic E-state index is 1.09. The summed E-state index contributed by atoms with van der Waals surface area (Å²) in [5, 5.41) is 0. The molecule has 0 aromatic heterocycles. The normalized spacial score (nSPS) is 13.6. The largest absolute Gasteiger partial charge is 0.0961 e. The first-order valence-corrected chi connectivity index (χ1v) is 5.65. The van der Waals surface area contributed by atoms with E-state index in [0.29, 0.717) is 0 Å². The highest BCUT2D eigenvalue weighted by atomic mass is 14.0. The third-order valence-corrected chi connectivity index (χ3v) is 2.37. The van der Waals surface area contributed by atoms with E-state index < -0.39 is 0 Å². The van der Waals surface area contributed by atoms with Gasteiger partial charge in [0, 0.05) is 0 Å². The summed E-state index contributed by atoms with van der Waals surface area (Å²) in [6.07, 6.45) is 12.1. The monoisotopic (exact) mass is 204 g/mol. The molecule has 0 aromatic rings. The summed E-state index contributed by atoms with van der Waals surface area (Å²) in [7, 11) is 0. The number of hydrogen-bond donors (Lipinski definition) is 0. The van der Waals surface area contributed by atoms with Gasteiger partial charge in [-0.1, -0.05) is 47.6 Å². The molecule has 0 heteroatoms. The molecule has 0 heterocycles. The quantitative estimate of drug-likeness (QED) is 0.412. The summed E-state index contributed by atoms with van der Waals surface area (Å²) in [5.41, 5.74) is 4.04. The van der Waals surface area contributed by atoms with Crippen molar-refractivity contribution in [2.75, 3.05) is 0 Å². The molecule has 0 radical (unpaired) electrons. The molecule has 0 rings (SSSR count). The molecule has 0 aromatic carbocycles. The lowest BCUT2D eigenvalue weighted by molar-refractivity contribution is 0.962. The predicted molar refractivity (Wildman–Crippen MR) is 71.0 cm³/mol. The fraction of sp³-hybridized carbons (Fsp3) is 0.467. The van der Waals surface area contributed by atoms with Crippen LogP contribution in [-0.2, 0) is 0 Å². The molecule has 0 nitrogen and oxygen atoms in total. The lowest BCUT2D eigenvalue weighted by atomic mass is 10.1. The second kappa shape index (κ2) is 8.28. The Balaban J connectivity index is 3.83. The van der Waals surface area contributed by atoms with E-state index in [1.54, 1.807) is 0 Å². The van der Waals surface area contributed by atoms with Crippen molar-refractivity contribution in [3.05, 3.63) is 47.6 Å². The zero-order valence-corrected chi connectivity index (χ0v) is 10.6. The lowest BCUT2D eigenvalue weighted by Crippen LogP contribution is -1.78. The van der Waals surface area contributed by atoms with E-state index in [1.165, 1.54) is 11.1 Å². The third kappa shape index (κ3) is 9.27. The van der Waals surface area contributed by atoms with Gasteiger partial charge in [-0.3, -0.25) is 0 Å². The first-order chi connectivity index (χ1) is 7.06. The Hall–Kier alpha value is -1.04. The van der Waals surface area contributed by atoms with E-state index in [4.69, 9.17) is 0 Å². The van der Waals surface area contributed by atoms with Crippen LogP contribution >= 0.6 is 0 Å². The van der Waals surface area contributed by atoms with Crippen molar-refractivity contribution in [3.8, 4) is 0 Å². The van der Waals surface area contributed by atoms with Gasteiger partial charge in [-0.15, -0.1) is 0 Å². The Morgan fingerprint density at radius 1 is 1.13 bits per heavy atom. The molecule has 0 aliphatic heterocycles. The predicted octanol–water partition coefficient (Wildman–Crippen LogP) is 5.20. The van der Waals surface area contributed by atoms with Crippen LogP contribution in [-0.4, -0.2) is 0 Å². The fourth-order valence-electron chi connectivity index (χ4n) is 1.15. The van der Waals surface area contributed by atoms with Gasteiger partial charge in [0.2, 0.25) is 0 Å². The fourth-order valence-corrected chi connectivity index (χ4v) is 1.15. The molecule has 0 fully saturated rings. The summed E-state index contributed by atoms with van der Waals surface area (Å²) in [5.74, 6) is 0. The molecule has 0 N–H and O–H groups in total. The van der Waals surface area contributed by atoms with Gasteiger partial charge in [0.25, 0.3) is 0 Å².